The van der Waals surface area contributed by atoms with Crippen molar-refractivity contribution in [3.05, 3.63) is 12.3 Å². The van der Waals surface area contributed by atoms with Crippen LogP contribution >= 0.6 is 0 Å². The molecule has 76 valence electrons. The first-order valence-corrected chi connectivity index (χ1v) is 5.32. The molecule has 2 nitrogen and oxygen atoms in total. The molecule has 0 saturated carbocycles. The number of hydrogen-bond acceptors (Lipinski definition) is 2. The summed E-state index contributed by atoms with van der Waals surface area (Å²) < 4.78 is 0. The third kappa shape index (κ3) is 2.73. The molecule has 1 aliphatic heterocycles. The highest BCUT2D eigenvalue weighted by molar-refractivity contribution is 4.95. The Labute approximate surface area is 82.2 Å². The Bertz CT molecular complexity index is 167. The van der Waals surface area contributed by atoms with E-state index in [-0.39, 0.29) is 0 Å². The zero-order valence-corrected chi connectivity index (χ0v) is 9.21. The van der Waals surface area contributed by atoms with E-state index in [2.05, 4.69) is 37.1 Å². The first kappa shape index (κ1) is 10.6. The lowest BCUT2D eigenvalue weighted by Gasteiger charge is -2.38. The minimum Gasteiger partial charge on any atom is -0.373 e. The quantitative estimate of drug-likeness (QED) is 0.658. The van der Waals surface area contributed by atoms with Crippen molar-refractivity contribution in [2.24, 2.45) is 0 Å². The van der Waals surface area contributed by atoms with Crippen LogP contribution < -0.4 is 0 Å². The summed E-state index contributed by atoms with van der Waals surface area (Å²) in [6, 6.07) is 0.692. The van der Waals surface area contributed by atoms with Gasteiger partial charge in [0.1, 0.15) is 0 Å². The minimum absolute atomic E-state index is 0.692. The molecule has 0 aromatic carbocycles. The van der Waals surface area contributed by atoms with Gasteiger partial charge in [-0.15, -0.1) is 0 Å². The molecule has 0 aromatic rings. The molecule has 0 N–H and O–H groups in total. The lowest BCUT2D eigenvalue weighted by molar-refractivity contribution is 0.128. The van der Waals surface area contributed by atoms with Crippen LogP contribution in [0.5, 0.6) is 0 Å². The molecule has 1 saturated heterocycles. The van der Waals surface area contributed by atoms with Crippen molar-refractivity contribution >= 4 is 0 Å². The first-order valence-electron chi connectivity index (χ1n) is 5.32. The SMILES string of the molecule is C=C(CC)N1CCN(C(C)C)CC1. The van der Waals surface area contributed by atoms with Crippen LogP contribution in [0.3, 0.4) is 0 Å². The third-order valence-corrected chi connectivity index (χ3v) is 2.90. The van der Waals surface area contributed by atoms with E-state index in [1.807, 2.05) is 0 Å². The van der Waals surface area contributed by atoms with Crippen molar-refractivity contribution in [2.45, 2.75) is 33.2 Å². The molecular weight excluding hydrogens is 160 g/mol. The maximum atomic E-state index is 4.07. The van der Waals surface area contributed by atoms with Gasteiger partial charge in [0.2, 0.25) is 0 Å². The van der Waals surface area contributed by atoms with Crippen LogP contribution in [0.4, 0.5) is 0 Å². The monoisotopic (exact) mass is 182 g/mol. The Kier molecular flexibility index (Phi) is 3.79. The lowest BCUT2D eigenvalue weighted by atomic mass is 10.2. The van der Waals surface area contributed by atoms with Gasteiger partial charge in [-0.1, -0.05) is 13.5 Å². The fourth-order valence-electron chi connectivity index (χ4n) is 1.78. The Hall–Kier alpha value is -0.500. The molecule has 0 amide bonds. The second-order valence-corrected chi connectivity index (χ2v) is 4.04. The van der Waals surface area contributed by atoms with Gasteiger partial charge in [-0.3, -0.25) is 4.90 Å². The Morgan fingerprint density at radius 3 is 2.15 bits per heavy atom. The average Bonchev–Trinajstić information content (AvgIpc) is 2.17. The normalized spacial score (nSPS) is 19.5. The molecule has 1 fully saturated rings. The molecule has 0 unspecified atom stereocenters. The molecule has 13 heavy (non-hydrogen) atoms. The van der Waals surface area contributed by atoms with E-state index in [4.69, 9.17) is 0 Å². The Morgan fingerprint density at radius 1 is 1.23 bits per heavy atom. The van der Waals surface area contributed by atoms with Crippen LogP contribution in [0.1, 0.15) is 27.2 Å². The second kappa shape index (κ2) is 4.66. The van der Waals surface area contributed by atoms with Crippen molar-refractivity contribution in [3.8, 4) is 0 Å². The summed E-state index contributed by atoms with van der Waals surface area (Å²) in [5, 5.41) is 0. The molecule has 2 heteroatoms. The van der Waals surface area contributed by atoms with E-state index in [1.54, 1.807) is 0 Å². The van der Waals surface area contributed by atoms with Gasteiger partial charge >= 0.3 is 0 Å². The molecule has 0 radical (unpaired) electrons. The van der Waals surface area contributed by atoms with E-state index in [9.17, 15) is 0 Å². The fraction of sp³-hybridized carbons (Fsp3) is 0.818. The number of rotatable bonds is 3. The van der Waals surface area contributed by atoms with Crippen molar-refractivity contribution in [2.75, 3.05) is 26.2 Å². The van der Waals surface area contributed by atoms with Gasteiger partial charge in [-0.2, -0.15) is 0 Å². The largest absolute Gasteiger partial charge is 0.373 e. The zero-order valence-electron chi connectivity index (χ0n) is 9.21. The molecule has 0 aromatic heterocycles. The summed E-state index contributed by atoms with van der Waals surface area (Å²) in [6.07, 6.45) is 1.08. The van der Waals surface area contributed by atoms with Gasteiger partial charge in [0.15, 0.2) is 0 Å². The lowest BCUT2D eigenvalue weighted by Crippen LogP contribution is -2.48. The van der Waals surface area contributed by atoms with E-state index < -0.39 is 0 Å². The number of allylic oxidation sites excluding steroid dienone is 1. The first-order chi connectivity index (χ1) is 6.15. The van der Waals surface area contributed by atoms with Crippen molar-refractivity contribution in [3.63, 3.8) is 0 Å². The topological polar surface area (TPSA) is 6.48 Å². The van der Waals surface area contributed by atoms with Crippen molar-refractivity contribution < 1.29 is 0 Å². The van der Waals surface area contributed by atoms with Gasteiger partial charge in [0.25, 0.3) is 0 Å². The van der Waals surface area contributed by atoms with Crippen LogP contribution in [-0.4, -0.2) is 42.0 Å². The summed E-state index contributed by atoms with van der Waals surface area (Å²) in [6.45, 7) is 15.5. The predicted molar refractivity (Wildman–Crippen MR) is 57.7 cm³/mol. The Morgan fingerprint density at radius 2 is 1.77 bits per heavy atom. The van der Waals surface area contributed by atoms with Crippen LogP contribution in [0.15, 0.2) is 12.3 Å². The van der Waals surface area contributed by atoms with Gasteiger partial charge in [0.05, 0.1) is 0 Å². The Balaban J connectivity index is 2.34. The summed E-state index contributed by atoms with van der Waals surface area (Å²) in [4.78, 5) is 4.94. The highest BCUT2D eigenvalue weighted by Gasteiger charge is 2.18. The van der Waals surface area contributed by atoms with Crippen LogP contribution in [0, 0.1) is 0 Å². The standard InChI is InChI=1S/C11H22N2/c1-5-11(4)13-8-6-12(7-9-13)10(2)3/h10H,4-9H2,1-3H3. The third-order valence-electron chi connectivity index (χ3n) is 2.90. The van der Waals surface area contributed by atoms with Crippen LogP contribution in [0.2, 0.25) is 0 Å². The zero-order chi connectivity index (χ0) is 9.84. The van der Waals surface area contributed by atoms with Crippen molar-refractivity contribution in [1.29, 1.82) is 0 Å². The average molecular weight is 182 g/mol. The molecule has 0 spiro atoms. The maximum absolute atomic E-state index is 4.07. The molecule has 0 bridgehead atoms. The fourth-order valence-corrected chi connectivity index (χ4v) is 1.78. The van der Waals surface area contributed by atoms with Crippen molar-refractivity contribution in [1.82, 2.24) is 9.80 Å². The molecule has 0 atom stereocenters. The number of piperazine rings is 1. The van der Waals surface area contributed by atoms with Crippen LogP contribution in [-0.2, 0) is 0 Å². The summed E-state index contributed by atoms with van der Waals surface area (Å²) >= 11 is 0. The summed E-state index contributed by atoms with van der Waals surface area (Å²) in [7, 11) is 0. The molecule has 1 aliphatic rings. The molecule has 1 heterocycles. The smallest absolute Gasteiger partial charge is 0.0303 e. The van der Waals surface area contributed by atoms with E-state index in [0.717, 1.165) is 19.5 Å². The summed E-state index contributed by atoms with van der Waals surface area (Å²) in [5.41, 5.74) is 1.29. The highest BCUT2D eigenvalue weighted by Crippen LogP contribution is 2.11. The number of nitrogens with zero attached hydrogens (tertiary/aromatic N) is 2. The predicted octanol–water partition coefficient (Wildman–Crippen LogP) is 1.94. The number of hydrogen-bond donors (Lipinski definition) is 0. The maximum Gasteiger partial charge on any atom is 0.0303 e. The molecule has 1 rings (SSSR count). The summed E-state index contributed by atoms with van der Waals surface area (Å²) in [5.74, 6) is 0. The second-order valence-electron chi connectivity index (χ2n) is 4.04. The van der Waals surface area contributed by atoms with E-state index in [1.165, 1.54) is 18.8 Å². The molecular formula is C11H22N2. The van der Waals surface area contributed by atoms with Gasteiger partial charge < -0.3 is 4.90 Å². The van der Waals surface area contributed by atoms with Gasteiger partial charge in [0, 0.05) is 37.9 Å². The highest BCUT2D eigenvalue weighted by atomic mass is 15.3. The van der Waals surface area contributed by atoms with E-state index in [0.29, 0.717) is 6.04 Å². The van der Waals surface area contributed by atoms with Crippen LogP contribution in [0.25, 0.3) is 0 Å². The van der Waals surface area contributed by atoms with E-state index >= 15 is 0 Å². The minimum atomic E-state index is 0.692. The van der Waals surface area contributed by atoms with Gasteiger partial charge in [-0.25, -0.2) is 0 Å². The molecule has 0 aliphatic carbocycles. The van der Waals surface area contributed by atoms with Gasteiger partial charge in [-0.05, 0) is 20.3 Å².